The Morgan fingerprint density at radius 3 is 2.38 bits per heavy atom. The summed E-state index contributed by atoms with van der Waals surface area (Å²) >= 11 is 0. The number of ether oxygens (including phenoxy) is 3. The summed E-state index contributed by atoms with van der Waals surface area (Å²) in [5, 5.41) is 5.66. The van der Waals surface area contributed by atoms with Gasteiger partial charge in [-0.05, 0) is 43.9 Å². The van der Waals surface area contributed by atoms with Crippen LogP contribution < -0.4 is 25.8 Å². The Balaban J connectivity index is 0.00000220. The second-order valence-corrected chi connectivity index (χ2v) is 7.41. The molecule has 0 saturated carbocycles. The van der Waals surface area contributed by atoms with Crippen LogP contribution in [0.15, 0.2) is 18.2 Å². The summed E-state index contributed by atoms with van der Waals surface area (Å²) in [4.78, 5) is 32.8. The lowest BCUT2D eigenvalue weighted by molar-refractivity contribution is -0.125. The van der Waals surface area contributed by atoms with E-state index in [9.17, 15) is 9.59 Å². The van der Waals surface area contributed by atoms with Crippen molar-refractivity contribution in [3.63, 3.8) is 0 Å². The van der Waals surface area contributed by atoms with E-state index in [4.69, 9.17) is 19.0 Å². The van der Waals surface area contributed by atoms with Gasteiger partial charge in [-0.1, -0.05) is 13.0 Å². The topological polar surface area (TPSA) is 129 Å². The van der Waals surface area contributed by atoms with E-state index in [0.29, 0.717) is 56.7 Å². The van der Waals surface area contributed by atoms with Crippen molar-refractivity contribution in [3.05, 3.63) is 23.8 Å². The number of nitrogens with one attached hydrogen (secondary N) is 2. The zero-order chi connectivity index (χ0) is 24.4. The molecule has 9 nitrogen and oxygen atoms in total. The molecule has 32 heavy (non-hydrogen) atoms. The number of hydrogen-bond donors (Lipinski definition) is 3. The molecule has 182 valence electrons. The molecule has 4 N–H and O–H groups in total. The molecule has 1 aromatic rings. The number of methoxy groups -OCH3 is 2. The Morgan fingerprint density at radius 1 is 1.16 bits per heavy atom. The highest BCUT2D eigenvalue weighted by Crippen LogP contribution is 2.28. The molecular formula is C23H39N3O6. The number of carbonyl (C=O) groups excluding carboxylic acids is 3. The Kier molecular flexibility index (Phi) is 15.6. The van der Waals surface area contributed by atoms with Crippen LogP contribution in [-0.4, -0.2) is 58.1 Å². The molecule has 0 saturated heterocycles. The van der Waals surface area contributed by atoms with E-state index in [1.807, 2.05) is 32.0 Å². The number of rotatable bonds is 14. The van der Waals surface area contributed by atoms with Crippen molar-refractivity contribution < 1.29 is 28.6 Å². The summed E-state index contributed by atoms with van der Waals surface area (Å²) in [6, 6.07) is 5.65. The normalized spacial score (nSPS) is 11.9. The first-order valence-electron chi connectivity index (χ1n) is 10.7. The number of hydrogen-bond acceptors (Lipinski definition) is 7. The maximum atomic E-state index is 12.3. The molecule has 0 radical (unpaired) electrons. The summed E-state index contributed by atoms with van der Waals surface area (Å²) in [6.45, 7) is 5.03. The van der Waals surface area contributed by atoms with Crippen LogP contribution in [0.4, 0.5) is 0 Å². The SMILES string of the molecule is CCC(C)(CCC(=O)NC)NC(=O)CCCOc1ccc(COC)cc1OC.NCC=O. The van der Waals surface area contributed by atoms with E-state index >= 15 is 0 Å². The van der Waals surface area contributed by atoms with Gasteiger partial charge < -0.3 is 35.4 Å². The number of benzene rings is 1. The van der Waals surface area contributed by atoms with E-state index < -0.39 is 0 Å². The Morgan fingerprint density at radius 2 is 1.84 bits per heavy atom. The minimum atomic E-state index is -0.384. The van der Waals surface area contributed by atoms with E-state index in [1.54, 1.807) is 21.3 Å². The molecule has 2 amide bonds. The first-order chi connectivity index (χ1) is 15.3. The van der Waals surface area contributed by atoms with Crippen LogP contribution in [0.5, 0.6) is 11.5 Å². The lowest BCUT2D eigenvalue weighted by Crippen LogP contribution is -2.46. The number of amides is 2. The van der Waals surface area contributed by atoms with Crippen molar-refractivity contribution in [1.82, 2.24) is 10.6 Å². The van der Waals surface area contributed by atoms with Crippen molar-refractivity contribution in [2.24, 2.45) is 5.73 Å². The smallest absolute Gasteiger partial charge is 0.220 e. The van der Waals surface area contributed by atoms with Crippen LogP contribution in [0, 0.1) is 0 Å². The monoisotopic (exact) mass is 453 g/mol. The molecule has 0 heterocycles. The average molecular weight is 454 g/mol. The van der Waals surface area contributed by atoms with Crippen LogP contribution in [0.25, 0.3) is 0 Å². The Hall–Kier alpha value is -2.65. The third-order valence-electron chi connectivity index (χ3n) is 4.85. The van der Waals surface area contributed by atoms with Crippen molar-refractivity contribution in [3.8, 4) is 11.5 Å². The van der Waals surface area contributed by atoms with Crippen molar-refractivity contribution in [2.45, 2.75) is 58.1 Å². The van der Waals surface area contributed by atoms with Crippen LogP contribution >= 0.6 is 0 Å². The fourth-order valence-corrected chi connectivity index (χ4v) is 2.74. The summed E-state index contributed by atoms with van der Waals surface area (Å²) < 4.78 is 16.2. The third kappa shape index (κ3) is 12.3. The summed E-state index contributed by atoms with van der Waals surface area (Å²) in [6.07, 6.45) is 3.36. The molecule has 0 aliphatic rings. The summed E-state index contributed by atoms with van der Waals surface area (Å²) in [5.74, 6) is 1.23. The van der Waals surface area contributed by atoms with Gasteiger partial charge in [-0.2, -0.15) is 0 Å². The molecule has 0 spiro atoms. The van der Waals surface area contributed by atoms with Gasteiger partial charge in [-0.25, -0.2) is 0 Å². The summed E-state index contributed by atoms with van der Waals surface area (Å²) in [7, 11) is 4.85. The number of carbonyl (C=O) groups is 3. The Labute approximate surface area is 191 Å². The van der Waals surface area contributed by atoms with Crippen LogP contribution in [0.2, 0.25) is 0 Å². The van der Waals surface area contributed by atoms with Gasteiger partial charge in [0.15, 0.2) is 11.5 Å². The lowest BCUT2D eigenvalue weighted by atomic mass is 9.92. The van der Waals surface area contributed by atoms with Gasteiger partial charge in [0.05, 0.1) is 20.3 Å². The molecule has 0 aromatic heterocycles. The molecule has 1 aromatic carbocycles. The second kappa shape index (κ2) is 17.0. The maximum Gasteiger partial charge on any atom is 0.220 e. The van der Waals surface area contributed by atoms with Gasteiger partial charge >= 0.3 is 0 Å². The Bertz CT molecular complexity index is 698. The molecule has 1 rings (SSSR count). The first-order valence-corrected chi connectivity index (χ1v) is 10.7. The van der Waals surface area contributed by atoms with Gasteiger partial charge in [0.1, 0.15) is 6.29 Å². The fourth-order valence-electron chi connectivity index (χ4n) is 2.74. The highest BCUT2D eigenvalue weighted by atomic mass is 16.5. The molecule has 1 unspecified atom stereocenters. The van der Waals surface area contributed by atoms with Crippen LogP contribution in [-0.2, 0) is 25.7 Å². The summed E-state index contributed by atoms with van der Waals surface area (Å²) in [5.41, 5.74) is 5.28. The highest BCUT2D eigenvalue weighted by molar-refractivity contribution is 5.77. The maximum absolute atomic E-state index is 12.3. The largest absolute Gasteiger partial charge is 0.493 e. The molecule has 0 fully saturated rings. The quantitative estimate of drug-likeness (QED) is 0.290. The zero-order valence-electron chi connectivity index (χ0n) is 20.0. The van der Waals surface area contributed by atoms with Crippen molar-refractivity contribution in [1.29, 1.82) is 0 Å². The lowest BCUT2D eigenvalue weighted by Gasteiger charge is -2.29. The van der Waals surface area contributed by atoms with Gasteiger partial charge in [0.2, 0.25) is 11.8 Å². The van der Waals surface area contributed by atoms with E-state index in [2.05, 4.69) is 16.4 Å². The van der Waals surface area contributed by atoms with E-state index in [-0.39, 0.29) is 23.9 Å². The van der Waals surface area contributed by atoms with Gasteiger partial charge in [-0.15, -0.1) is 0 Å². The molecule has 0 aliphatic heterocycles. The third-order valence-corrected chi connectivity index (χ3v) is 4.85. The predicted molar refractivity (Wildman–Crippen MR) is 124 cm³/mol. The molecule has 0 bridgehead atoms. The average Bonchev–Trinajstić information content (AvgIpc) is 2.81. The predicted octanol–water partition coefficient (Wildman–Crippen LogP) is 1.96. The molecule has 1 atom stereocenters. The first kappa shape index (κ1) is 29.4. The molecular weight excluding hydrogens is 414 g/mol. The number of aldehydes is 1. The van der Waals surface area contributed by atoms with Gasteiger partial charge in [-0.3, -0.25) is 9.59 Å². The van der Waals surface area contributed by atoms with Crippen molar-refractivity contribution in [2.75, 3.05) is 34.4 Å². The van der Waals surface area contributed by atoms with E-state index in [1.165, 1.54) is 0 Å². The van der Waals surface area contributed by atoms with Crippen LogP contribution in [0.1, 0.15) is 51.5 Å². The number of nitrogens with two attached hydrogens (primary N) is 1. The molecule has 9 heteroatoms. The standard InChI is InChI=1S/C21H34N2O5.C2H5NO/c1-6-21(2,12-11-19(24)22-3)23-20(25)8-7-13-28-17-10-9-16(15-26-4)14-18(17)27-5;3-1-2-4/h9-10,14H,6-8,11-13,15H2,1-5H3,(H,22,24)(H,23,25);2H,1,3H2. The van der Waals surface area contributed by atoms with Gasteiger partial charge in [0.25, 0.3) is 0 Å². The second-order valence-electron chi connectivity index (χ2n) is 7.41. The molecule has 0 aliphatic carbocycles. The zero-order valence-corrected chi connectivity index (χ0v) is 20.0. The minimum absolute atomic E-state index is 0.0206. The fraction of sp³-hybridized carbons (Fsp3) is 0.609. The van der Waals surface area contributed by atoms with Crippen molar-refractivity contribution >= 4 is 18.1 Å². The van der Waals surface area contributed by atoms with Crippen LogP contribution in [0.3, 0.4) is 0 Å². The van der Waals surface area contributed by atoms with E-state index in [0.717, 1.165) is 12.0 Å². The van der Waals surface area contributed by atoms with Gasteiger partial charge in [0, 0.05) is 39.1 Å². The minimum Gasteiger partial charge on any atom is -0.493 e. The highest BCUT2D eigenvalue weighted by Gasteiger charge is 2.24.